The highest BCUT2D eigenvalue weighted by Gasteiger charge is 2.16. The van der Waals surface area contributed by atoms with E-state index in [0.29, 0.717) is 0 Å². The van der Waals surface area contributed by atoms with Gasteiger partial charge in [0.25, 0.3) is 0 Å². The van der Waals surface area contributed by atoms with Crippen molar-refractivity contribution in [3.63, 3.8) is 0 Å². The topological polar surface area (TPSA) is 21.7 Å². The zero-order valence-corrected chi connectivity index (χ0v) is 8.08. The Bertz CT molecular complexity index is 109. The molecule has 0 radical (unpaired) electrons. The Morgan fingerprint density at radius 1 is 1.17 bits per heavy atom. The highest BCUT2D eigenvalue weighted by molar-refractivity contribution is 4.58. The van der Waals surface area contributed by atoms with Crippen LogP contribution in [0.1, 0.15) is 20.3 Å². The molecule has 0 spiro atoms. The summed E-state index contributed by atoms with van der Waals surface area (Å²) in [7, 11) is 0. The molecule has 0 aromatic rings. The molecule has 1 heterocycles. The van der Waals surface area contributed by atoms with Gasteiger partial charge in [0.15, 0.2) is 6.29 Å². The van der Waals surface area contributed by atoms with Crippen molar-refractivity contribution in [2.75, 3.05) is 32.8 Å². The van der Waals surface area contributed by atoms with E-state index in [1.165, 1.54) is 0 Å². The van der Waals surface area contributed by atoms with E-state index >= 15 is 0 Å². The third-order valence-electron chi connectivity index (χ3n) is 2.20. The van der Waals surface area contributed by atoms with Crippen LogP contribution in [0, 0.1) is 0 Å². The lowest BCUT2D eigenvalue weighted by molar-refractivity contribution is -0.186. The van der Waals surface area contributed by atoms with Crippen LogP contribution >= 0.6 is 0 Å². The minimum Gasteiger partial charge on any atom is -0.351 e. The van der Waals surface area contributed by atoms with Crippen molar-refractivity contribution in [2.24, 2.45) is 0 Å². The fraction of sp³-hybridized carbons (Fsp3) is 1.00. The van der Waals surface area contributed by atoms with E-state index in [0.717, 1.165) is 39.3 Å². The van der Waals surface area contributed by atoms with Gasteiger partial charge in [-0.2, -0.15) is 0 Å². The second-order valence-corrected chi connectivity index (χ2v) is 3.01. The minimum atomic E-state index is 0.0126. The van der Waals surface area contributed by atoms with E-state index in [2.05, 4.69) is 18.7 Å². The summed E-state index contributed by atoms with van der Waals surface area (Å²) in [6, 6.07) is 0. The van der Waals surface area contributed by atoms with Crippen LogP contribution in [-0.4, -0.2) is 44.0 Å². The average Bonchev–Trinajstić information content (AvgIpc) is 2.16. The van der Waals surface area contributed by atoms with E-state index in [-0.39, 0.29) is 6.29 Å². The molecule has 0 amide bonds. The molecule has 12 heavy (non-hydrogen) atoms. The highest BCUT2D eigenvalue weighted by atomic mass is 16.7. The van der Waals surface area contributed by atoms with Crippen LogP contribution in [0.5, 0.6) is 0 Å². The van der Waals surface area contributed by atoms with Crippen LogP contribution < -0.4 is 0 Å². The van der Waals surface area contributed by atoms with Gasteiger partial charge in [-0.25, -0.2) is 0 Å². The summed E-state index contributed by atoms with van der Waals surface area (Å²) in [6.45, 7) is 9.07. The van der Waals surface area contributed by atoms with Gasteiger partial charge in [-0.05, 0) is 19.5 Å². The molecule has 0 unspecified atom stereocenters. The van der Waals surface area contributed by atoms with Gasteiger partial charge < -0.3 is 9.47 Å². The number of rotatable bonds is 4. The summed E-state index contributed by atoms with van der Waals surface area (Å²) < 4.78 is 10.9. The van der Waals surface area contributed by atoms with Gasteiger partial charge in [-0.1, -0.05) is 13.8 Å². The van der Waals surface area contributed by atoms with Gasteiger partial charge in [-0.15, -0.1) is 0 Å². The molecule has 1 fully saturated rings. The monoisotopic (exact) mass is 173 g/mol. The Kier molecular flexibility index (Phi) is 4.58. The molecular weight excluding hydrogens is 154 g/mol. The van der Waals surface area contributed by atoms with Crippen LogP contribution in [0.2, 0.25) is 0 Å². The van der Waals surface area contributed by atoms with Crippen molar-refractivity contribution in [2.45, 2.75) is 26.6 Å². The smallest absolute Gasteiger partial charge is 0.170 e. The number of ether oxygens (including phenoxy) is 2. The van der Waals surface area contributed by atoms with E-state index < -0.39 is 0 Å². The Labute approximate surface area is 74.6 Å². The van der Waals surface area contributed by atoms with E-state index in [9.17, 15) is 0 Å². The third kappa shape index (κ3) is 3.09. The number of nitrogens with zero attached hydrogens (tertiary/aromatic N) is 1. The van der Waals surface area contributed by atoms with Gasteiger partial charge in [0.05, 0.1) is 13.2 Å². The second-order valence-electron chi connectivity index (χ2n) is 3.01. The summed E-state index contributed by atoms with van der Waals surface area (Å²) in [5.74, 6) is 0. The van der Waals surface area contributed by atoms with E-state index in [1.807, 2.05) is 0 Å². The molecule has 0 aromatic carbocycles. The molecule has 0 aromatic heterocycles. The van der Waals surface area contributed by atoms with Gasteiger partial charge in [0.1, 0.15) is 0 Å². The zero-order valence-electron chi connectivity index (χ0n) is 8.08. The van der Waals surface area contributed by atoms with Gasteiger partial charge in [0.2, 0.25) is 0 Å². The summed E-state index contributed by atoms with van der Waals surface area (Å²) in [4.78, 5) is 2.32. The fourth-order valence-electron chi connectivity index (χ4n) is 1.33. The van der Waals surface area contributed by atoms with E-state index in [4.69, 9.17) is 9.47 Å². The zero-order chi connectivity index (χ0) is 8.81. The number of hydrogen-bond donors (Lipinski definition) is 0. The first-order chi connectivity index (χ1) is 5.86. The van der Waals surface area contributed by atoms with Crippen molar-refractivity contribution in [3.05, 3.63) is 0 Å². The molecular formula is C9H19NO2. The molecule has 0 saturated carbocycles. The molecule has 1 aliphatic heterocycles. The maximum absolute atomic E-state index is 5.45. The van der Waals surface area contributed by atoms with Gasteiger partial charge in [0, 0.05) is 6.54 Å². The normalized spacial score (nSPS) is 20.2. The fourth-order valence-corrected chi connectivity index (χ4v) is 1.33. The Balaban J connectivity index is 2.18. The highest BCUT2D eigenvalue weighted by Crippen LogP contribution is 2.06. The first-order valence-electron chi connectivity index (χ1n) is 4.82. The van der Waals surface area contributed by atoms with Crippen LogP contribution in [0.3, 0.4) is 0 Å². The molecule has 3 nitrogen and oxygen atoms in total. The van der Waals surface area contributed by atoms with Crippen molar-refractivity contribution in [1.82, 2.24) is 4.90 Å². The summed E-state index contributed by atoms with van der Waals surface area (Å²) >= 11 is 0. The minimum absolute atomic E-state index is 0.0126. The Morgan fingerprint density at radius 2 is 1.75 bits per heavy atom. The molecule has 0 atom stereocenters. The summed E-state index contributed by atoms with van der Waals surface area (Å²) in [5.41, 5.74) is 0. The molecule has 3 heteroatoms. The first-order valence-corrected chi connectivity index (χ1v) is 4.82. The molecule has 1 saturated heterocycles. The molecule has 0 bridgehead atoms. The predicted molar refractivity (Wildman–Crippen MR) is 48.1 cm³/mol. The van der Waals surface area contributed by atoms with Crippen molar-refractivity contribution < 1.29 is 9.47 Å². The van der Waals surface area contributed by atoms with Crippen molar-refractivity contribution in [1.29, 1.82) is 0 Å². The maximum Gasteiger partial charge on any atom is 0.170 e. The lowest BCUT2D eigenvalue weighted by Gasteiger charge is -2.28. The lowest BCUT2D eigenvalue weighted by atomic mass is 10.4. The molecule has 0 N–H and O–H groups in total. The molecule has 72 valence electrons. The SMILES string of the molecule is CCN(CC)CC1OCCCO1. The van der Waals surface area contributed by atoms with Crippen molar-refractivity contribution in [3.8, 4) is 0 Å². The maximum atomic E-state index is 5.45. The van der Waals surface area contributed by atoms with Crippen molar-refractivity contribution >= 4 is 0 Å². The largest absolute Gasteiger partial charge is 0.351 e. The Morgan fingerprint density at radius 3 is 2.25 bits per heavy atom. The third-order valence-corrected chi connectivity index (χ3v) is 2.20. The molecule has 1 rings (SSSR count). The lowest BCUT2D eigenvalue weighted by Crippen LogP contribution is -2.38. The van der Waals surface area contributed by atoms with Gasteiger partial charge in [-0.3, -0.25) is 4.90 Å². The molecule has 0 aliphatic carbocycles. The predicted octanol–water partition coefficient (Wildman–Crippen LogP) is 1.09. The van der Waals surface area contributed by atoms with Crippen LogP contribution in [-0.2, 0) is 9.47 Å². The Hall–Kier alpha value is -0.120. The second kappa shape index (κ2) is 5.51. The number of likely N-dealkylation sites (N-methyl/N-ethyl adjacent to an activating group) is 1. The van der Waals surface area contributed by atoms with E-state index in [1.54, 1.807) is 0 Å². The van der Waals surface area contributed by atoms with Gasteiger partial charge >= 0.3 is 0 Å². The molecule has 1 aliphatic rings. The van der Waals surface area contributed by atoms with Crippen LogP contribution in [0.4, 0.5) is 0 Å². The first kappa shape index (κ1) is 9.96. The standard InChI is InChI=1S/C9H19NO2/c1-3-10(4-2)8-9-11-6-5-7-12-9/h9H,3-8H2,1-2H3. The van der Waals surface area contributed by atoms with Crippen LogP contribution in [0.15, 0.2) is 0 Å². The summed E-state index contributed by atoms with van der Waals surface area (Å²) in [5, 5.41) is 0. The number of hydrogen-bond acceptors (Lipinski definition) is 3. The quantitative estimate of drug-likeness (QED) is 0.635. The average molecular weight is 173 g/mol. The van der Waals surface area contributed by atoms with Crippen LogP contribution in [0.25, 0.3) is 0 Å². The summed E-state index contributed by atoms with van der Waals surface area (Å²) in [6.07, 6.45) is 1.05.